The zero-order chi connectivity index (χ0) is 25.7. The molecule has 0 radical (unpaired) electrons. The summed E-state index contributed by atoms with van der Waals surface area (Å²) in [5, 5.41) is 2.55. The molecule has 1 fully saturated rings. The highest BCUT2D eigenvalue weighted by Gasteiger charge is 2.39. The van der Waals surface area contributed by atoms with E-state index in [0.29, 0.717) is 19.8 Å². The van der Waals surface area contributed by atoms with E-state index < -0.39 is 27.6 Å². The Kier molecular flexibility index (Phi) is 12.1. The highest BCUT2D eigenvalue weighted by atomic mass is 32.2. The van der Waals surface area contributed by atoms with Gasteiger partial charge in [0, 0.05) is 38.5 Å². The number of ether oxygens (including phenoxy) is 3. The van der Waals surface area contributed by atoms with Crippen molar-refractivity contribution in [2.45, 2.75) is 39.9 Å². The molecule has 1 N–H and O–H groups in total. The van der Waals surface area contributed by atoms with Gasteiger partial charge in [0.2, 0.25) is 5.91 Å². The lowest BCUT2D eigenvalue weighted by molar-refractivity contribution is -0.169. The lowest BCUT2D eigenvalue weighted by atomic mass is 9.87. The molecule has 10 nitrogen and oxygen atoms in total. The molecule has 0 unspecified atom stereocenters. The van der Waals surface area contributed by atoms with Gasteiger partial charge in [0.1, 0.15) is 6.61 Å². The smallest absolute Gasteiger partial charge is 0.335 e. The van der Waals surface area contributed by atoms with Crippen LogP contribution in [0.3, 0.4) is 0 Å². The van der Waals surface area contributed by atoms with Crippen molar-refractivity contribution in [2.75, 3.05) is 58.4 Å². The molecule has 35 heavy (non-hydrogen) atoms. The lowest BCUT2D eigenvalue weighted by Gasteiger charge is -2.32. The van der Waals surface area contributed by atoms with Gasteiger partial charge in [-0.3, -0.25) is 13.9 Å². The third-order valence-corrected chi connectivity index (χ3v) is 6.76. The summed E-state index contributed by atoms with van der Waals surface area (Å²) in [7, 11) is -3.85. The summed E-state index contributed by atoms with van der Waals surface area (Å²) in [6.07, 6.45) is -0.818. The van der Waals surface area contributed by atoms with Gasteiger partial charge in [-0.2, -0.15) is 8.42 Å². The molecule has 1 aliphatic heterocycles. The number of amides is 1. The summed E-state index contributed by atoms with van der Waals surface area (Å²) in [6.45, 7) is 8.57. The second-order valence-corrected chi connectivity index (χ2v) is 10.9. The molecular formula is C24H38N2O8S. The van der Waals surface area contributed by atoms with Crippen LogP contribution in [0.1, 0.15) is 32.8 Å². The molecule has 0 bridgehead atoms. The second kappa shape index (κ2) is 14.5. The predicted octanol–water partition coefficient (Wildman–Crippen LogP) is 1.35. The van der Waals surface area contributed by atoms with Crippen molar-refractivity contribution in [3.8, 4) is 0 Å². The molecule has 0 spiro atoms. The van der Waals surface area contributed by atoms with Crippen molar-refractivity contribution in [1.82, 2.24) is 10.2 Å². The maximum absolute atomic E-state index is 13.0. The number of hydrogen-bond acceptors (Lipinski definition) is 9. The third kappa shape index (κ3) is 11.5. The monoisotopic (exact) mass is 514 g/mol. The number of esters is 1. The molecule has 198 valence electrons. The molecule has 1 aromatic rings. The number of nitrogens with one attached hydrogen (secondary N) is 1. The molecule has 1 heterocycles. The largest absolute Gasteiger partial charge is 0.462 e. The fraction of sp³-hybridized carbons (Fsp3) is 0.667. The Morgan fingerprint density at radius 3 is 2.51 bits per heavy atom. The topological polar surface area (TPSA) is 120 Å². The number of rotatable bonds is 15. The number of carbonyl (C=O) groups excluding carboxylic acids is 2. The summed E-state index contributed by atoms with van der Waals surface area (Å²) in [5.74, 6) is -1.04. The van der Waals surface area contributed by atoms with Gasteiger partial charge in [-0.15, -0.1) is 0 Å². The minimum atomic E-state index is -3.85. The van der Waals surface area contributed by atoms with Crippen LogP contribution in [-0.2, 0) is 44.7 Å². The first kappa shape index (κ1) is 29.2. The van der Waals surface area contributed by atoms with Gasteiger partial charge in [0.05, 0.1) is 32.2 Å². The minimum Gasteiger partial charge on any atom is -0.462 e. The molecule has 0 aliphatic carbocycles. The molecular weight excluding hydrogens is 476 g/mol. The van der Waals surface area contributed by atoms with E-state index in [1.54, 1.807) is 13.8 Å². The molecule has 0 saturated carbocycles. The molecule has 11 heteroatoms. The van der Waals surface area contributed by atoms with Gasteiger partial charge in [0.15, 0.2) is 6.10 Å². The van der Waals surface area contributed by atoms with E-state index in [2.05, 4.69) is 10.2 Å². The lowest BCUT2D eigenvalue weighted by Crippen LogP contribution is -2.44. The van der Waals surface area contributed by atoms with E-state index in [4.69, 9.17) is 18.4 Å². The summed E-state index contributed by atoms with van der Waals surface area (Å²) < 4.78 is 46.7. The Morgan fingerprint density at radius 2 is 1.86 bits per heavy atom. The average Bonchev–Trinajstić information content (AvgIpc) is 2.82. The Hall–Kier alpha value is -2.05. The molecule has 1 amide bonds. The van der Waals surface area contributed by atoms with Crippen LogP contribution in [0.15, 0.2) is 30.3 Å². The van der Waals surface area contributed by atoms with Crippen LogP contribution >= 0.6 is 0 Å². The van der Waals surface area contributed by atoms with E-state index in [9.17, 15) is 18.0 Å². The summed E-state index contributed by atoms with van der Waals surface area (Å²) >= 11 is 0. The minimum absolute atomic E-state index is 0.164. The molecule has 1 aliphatic rings. The normalized spacial score (nSPS) is 16.0. The van der Waals surface area contributed by atoms with Crippen LogP contribution in [0.5, 0.6) is 0 Å². The van der Waals surface area contributed by atoms with Crippen LogP contribution in [0, 0.1) is 5.41 Å². The van der Waals surface area contributed by atoms with Crippen LogP contribution in [0.2, 0.25) is 0 Å². The van der Waals surface area contributed by atoms with Gasteiger partial charge in [0.25, 0.3) is 10.1 Å². The molecule has 1 saturated heterocycles. The van der Waals surface area contributed by atoms with Crippen molar-refractivity contribution in [1.29, 1.82) is 0 Å². The van der Waals surface area contributed by atoms with Crippen LogP contribution in [0.25, 0.3) is 0 Å². The van der Waals surface area contributed by atoms with E-state index in [1.165, 1.54) is 6.92 Å². The summed E-state index contributed by atoms with van der Waals surface area (Å²) in [5.41, 5.74) is -0.115. The van der Waals surface area contributed by atoms with Crippen molar-refractivity contribution in [3.63, 3.8) is 0 Å². The molecule has 0 aromatic heterocycles. The fourth-order valence-corrected chi connectivity index (χ4v) is 4.53. The first-order valence-electron chi connectivity index (χ1n) is 11.8. The number of morpholine rings is 1. The number of hydrogen-bond donors (Lipinski definition) is 1. The van der Waals surface area contributed by atoms with Crippen molar-refractivity contribution in [2.24, 2.45) is 5.41 Å². The quantitative estimate of drug-likeness (QED) is 0.210. The van der Waals surface area contributed by atoms with E-state index in [0.717, 1.165) is 18.7 Å². The molecule has 1 atom stereocenters. The number of carbonyl (C=O) groups is 2. The Labute approximate surface area is 208 Å². The Morgan fingerprint density at radius 1 is 1.17 bits per heavy atom. The zero-order valence-corrected chi connectivity index (χ0v) is 21.7. The average molecular weight is 515 g/mol. The van der Waals surface area contributed by atoms with Crippen molar-refractivity contribution in [3.05, 3.63) is 35.9 Å². The maximum atomic E-state index is 13.0. The van der Waals surface area contributed by atoms with Gasteiger partial charge >= 0.3 is 5.97 Å². The van der Waals surface area contributed by atoms with Gasteiger partial charge < -0.3 is 19.5 Å². The van der Waals surface area contributed by atoms with Crippen LogP contribution in [0.4, 0.5) is 0 Å². The number of nitrogens with zero attached hydrogens (tertiary/aromatic N) is 1. The first-order chi connectivity index (χ1) is 16.6. The summed E-state index contributed by atoms with van der Waals surface area (Å²) in [4.78, 5) is 26.1. The van der Waals surface area contributed by atoms with Crippen LogP contribution < -0.4 is 5.32 Å². The van der Waals surface area contributed by atoms with E-state index >= 15 is 0 Å². The molecule has 2 rings (SSSR count). The SMILES string of the molecule is CC(=O)NCCCS(=O)(=O)OCC(C)(C)[C@@H](OCc1ccccc1)C(=O)OCCN1CCOCC1. The maximum Gasteiger partial charge on any atom is 0.335 e. The summed E-state index contributed by atoms with van der Waals surface area (Å²) in [6, 6.07) is 9.38. The molecule has 1 aromatic carbocycles. The third-order valence-electron chi connectivity index (χ3n) is 5.49. The van der Waals surface area contributed by atoms with Crippen molar-refractivity contribution < 1.29 is 36.4 Å². The second-order valence-electron chi connectivity index (χ2n) is 9.15. The first-order valence-corrected chi connectivity index (χ1v) is 13.4. The standard InChI is InChI=1S/C24H38N2O8S/c1-20(27)25-10-7-17-35(29,30)34-19-24(2,3)22(33-18-21-8-5-4-6-9-21)23(28)32-16-13-26-11-14-31-15-12-26/h4-6,8-9,22H,7,10-19H2,1-3H3,(H,25,27)/t22-/m0/s1. The highest BCUT2D eigenvalue weighted by molar-refractivity contribution is 7.86. The Bertz CT molecular complexity index is 886. The van der Waals surface area contributed by atoms with Crippen LogP contribution in [-0.4, -0.2) is 89.7 Å². The fourth-order valence-electron chi connectivity index (χ4n) is 3.43. The predicted molar refractivity (Wildman–Crippen MR) is 130 cm³/mol. The Balaban J connectivity index is 1.96. The van der Waals surface area contributed by atoms with E-state index in [-0.39, 0.29) is 44.4 Å². The van der Waals surface area contributed by atoms with Gasteiger partial charge in [-0.1, -0.05) is 44.2 Å². The van der Waals surface area contributed by atoms with Gasteiger partial charge in [-0.25, -0.2) is 4.79 Å². The van der Waals surface area contributed by atoms with Crippen molar-refractivity contribution >= 4 is 22.0 Å². The van der Waals surface area contributed by atoms with E-state index in [1.807, 2.05) is 30.3 Å². The zero-order valence-electron chi connectivity index (χ0n) is 20.9. The number of benzene rings is 1. The highest BCUT2D eigenvalue weighted by Crippen LogP contribution is 2.27. The van der Waals surface area contributed by atoms with Gasteiger partial charge in [-0.05, 0) is 12.0 Å².